The lowest BCUT2D eigenvalue weighted by Gasteiger charge is -2.09. The fraction of sp³-hybridized carbons (Fsp3) is 0.167. The predicted molar refractivity (Wildman–Crippen MR) is 117 cm³/mol. The van der Waals surface area contributed by atoms with Gasteiger partial charge in [0.1, 0.15) is 6.33 Å². The molecule has 0 aliphatic carbocycles. The summed E-state index contributed by atoms with van der Waals surface area (Å²) in [6.07, 6.45) is 4.56. The van der Waals surface area contributed by atoms with Crippen molar-refractivity contribution >= 4 is 23.0 Å². The third-order valence-corrected chi connectivity index (χ3v) is 4.88. The summed E-state index contributed by atoms with van der Waals surface area (Å²) in [5, 5.41) is 2.92. The van der Waals surface area contributed by atoms with Crippen molar-refractivity contribution in [1.29, 1.82) is 0 Å². The van der Waals surface area contributed by atoms with E-state index in [1.54, 1.807) is 29.1 Å². The van der Waals surface area contributed by atoms with Gasteiger partial charge in [-0.2, -0.15) is 0 Å². The Hall–Kier alpha value is -3.80. The number of benzene rings is 2. The normalized spacial score (nSPS) is 10.9. The van der Waals surface area contributed by atoms with Crippen molar-refractivity contribution in [3.05, 3.63) is 83.9 Å². The Labute approximate surface area is 174 Å². The van der Waals surface area contributed by atoms with Crippen molar-refractivity contribution < 1.29 is 9.59 Å². The standard InChI is InChI=1S/C24H22N4O2/c1-3-5-21(29)27-19-7-4-6-18(14-19)20-12-13-25-24-22(26-15-28(20)24)23(30)17-10-8-16(2)9-11-17/h4,6-15H,3,5H2,1-2H3,(H,27,29). The van der Waals surface area contributed by atoms with E-state index in [1.807, 2.05) is 56.3 Å². The lowest BCUT2D eigenvalue weighted by Crippen LogP contribution is -2.10. The van der Waals surface area contributed by atoms with Crippen LogP contribution in [0.1, 0.15) is 41.4 Å². The molecule has 0 bridgehead atoms. The zero-order valence-electron chi connectivity index (χ0n) is 16.9. The Balaban J connectivity index is 1.71. The number of nitrogens with zero attached hydrogens (tertiary/aromatic N) is 3. The molecule has 150 valence electrons. The molecule has 4 rings (SSSR count). The minimum atomic E-state index is -0.164. The van der Waals surface area contributed by atoms with Gasteiger partial charge in [-0.3, -0.25) is 14.0 Å². The van der Waals surface area contributed by atoms with Gasteiger partial charge in [-0.1, -0.05) is 48.9 Å². The van der Waals surface area contributed by atoms with Crippen LogP contribution in [-0.2, 0) is 4.79 Å². The molecule has 0 saturated carbocycles. The fourth-order valence-corrected chi connectivity index (χ4v) is 3.34. The van der Waals surface area contributed by atoms with Crippen molar-refractivity contribution in [2.45, 2.75) is 26.7 Å². The van der Waals surface area contributed by atoms with Gasteiger partial charge in [-0.05, 0) is 31.5 Å². The first-order valence-corrected chi connectivity index (χ1v) is 9.90. The molecule has 0 aliphatic heterocycles. The lowest BCUT2D eigenvalue weighted by molar-refractivity contribution is -0.116. The fourth-order valence-electron chi connectivity index (χ4n) is 3.34. The van der Waals surface area contributed by atoms with Crippen LogP contribution in [0.25, 0.3) is 16.9 Å². The van der Waals surface area contributed by atoms with Crippen LogP contribution in [0.15, 0.2) is 67.1 Å². The molecule has 0 spiro atoms. The molecule has 0 saturated heterocycles. The van der Waals surface area contributed by atoms with Crippen LogP contribution in [0.4, 0.5) is 5.69 Å². The summed E-state index contributed by atoms with van der Waals surface area (Å²) in [4.78, 5) is 33.6. The van der Waals surface area contributed by atoms with Crippen LogP contribution >= 0.6 is 0 Å². The smallest absolute Gasteiger partial charge is 0.224 e. The Morgan fingerprint density at radius 3 is 2.60 bits per heavy atom. The van der Waals surface area contributed by atoms with Crippen LogP contribution in [0.2, 0.25) is 0 Å². The van der Waals surface area contributed by atoms with Gasteiger partial charge in [0.25, 0.3) is 0 Å². The number of carbonyl (C=O) groups excluding carboxylic acids is 2. The monoisotopic (exact) mass is 398 g/mol. The Bertz CT molecular complexity index is 1230. The highest BCUT2D eigenvalue weighted by Crippen LogP contribution is 2.25. The summed E-state index contributed by atoms with van der Waals surface area (Å²) in [6.45, 7) is 3.95. The number of rotatable bonds is 6. The highest BCUT2D eigenvalue weighted by molar-refractivity contribution is 6.11. The molecule has 0 radical (unpaired) electrons. The van der Waals surface area contributed by atoms with E-state index < -0.39 is 0 Å². The molecule has 0 aliphatic rings. The summed E-state index contributed by atoms with van der Waals surface area (Å²) in [5.74, 6) is -0.175. The highest BCUT2D eigenvalue weighted by Gasteiger charge is 2.18. The van der Waals surface area contributed by atoms with E-state index in [4.69, 9.17) is 0 Å². The van der Waals surface area contributed by atoms with Crippen molar-refractivity contribution in [2.75, 3.05) is 5.32 Å². The summed E-state index contributed by atoms with van der Waals surface area (Å²) in [7, 11) is 0. The molecule has 1 amide bonds. The zero-order chi connectivity index (χ0) is 21.1. The predicted octanol–water partition coefficient (Wildman–Crippen LogP) is 4.67. The number of imidazole rings is 1. The summed E-state index contributed by atoms with van der Waals surface area (Å²) >= 11 is 0. The maximum atomic E-state index is 13.0. The van der Waals surface area contributed by atoms with E-state index >= 15 is 0 Å². The number of anilines is 1. The van der Waals surface area contributed by atoms with E-state index in [-0.39, 0.29) is 11.7 Å². The maximum Gasteiger partial charge on any atom is 0.224 e. The topological polar surface area (TPSA) is 76.4 Å². The van der Waals surface area contributed by atoms with Gasteiger partial charge >= 0.3 is 0 Å². The molecule has 1 N–H and O–H groups in total. The lowest BCUT2D eigenvalue weighted by atomic mass is 10.1. The van der Waals surface area contributed by atoms with Crippen LogP contribution < -0.4 is 5.32 Å². The first-order chi connectivity index (χ1) is 14.6. The number of amides is 1. The molecule has 2 aromatic carbocycles. The average Bonchev–Trinajstić information content (AvgIpc) is 3.18. The Morgan fingerprint density at radius 2 is 1.83 bits per heavy atom. The molecular weight excluding hydrogens is 376 g/mol. The van der Waals surface area contributed by atoms with Crippen LogP contribution in [-0.4, -0.2) is 26.1 Å². The minimum Gasteiger partial charge on any atom is -0.326 e. The number of carbonyl (C=O) groups is 2. The number of ketones is 1. The van der Waals surface area contributed by atoms with E-state index in [0.29, 0.717) is 23.3 Å². The number of hydrogen-bond acceptors (Lipinski definition) is 4. The van der Waals surface area contributed by atoms with Crippen LogP contribution in [0.5, 0.6) is 0 Å². The van der Waals surface area contributed by atoms with Gasteiger partial charge in [-0.15, -0.1) is 0 Å². The van der Waals surface area contributed by atoms with Crippen molar-refractivity contribution in [2.24, 2.45) is 0 Å². The van der Waals surface area contributed by atoms with Crippen molar-refractivity contribution in [1.82, 2.24) is 14.4 Å². The number of fused-ring (bicyclic) bond motifs is 1. The zero-order valence-corrected chi connectivity index (χ0v) is 16.9. The quantitative estimate of drug-likeness (QED) is 0.479. The molecule has 4 aromatic rings. The first-order valence-electron chi connectivity index (χ1n) is 9.90. The van der Waals surface area contributed by atoms with Crippen LogP contribution in [0, 0.1) is 6.92 Å². The Morgan fingerprint density at radius 1 is 1.03 bits per heavy atom. The van der Waals surface area contributed by atoms with Gasteiger partial charge in [-0.25, -0.2) is 9.97 Å². The minimum absolute atomic E-state index is 0.0110. The van der Waals surface area contributed by atoms with Gasteiger partial charge in [0.05, 0.1) is 5.69 Å². The summed E-state index contributed by atoms with van der Waals surface area (Å²) in [6, 6.07) is 16.9. The van der Waals surface area contributed by atoms with Gasteiger partial charge in [0.2, 0.25) is 11.7 Å². The van der Waals surface area contributed by atoms with E-state index in [1.165, 1.54) is 0 Å². The Kier molecular flexibility index (Phi) is 5.39. The SMILES string of the molecule is CCCC(=O)Nc1cccc(-c2ccnc3c(C(=O)c4ccc(C)cc4)ncn23)c1. The van der Waals surface area contributed by atoms with E-state index in [9.17, 15) is 9.59 Å². The number of aryl methyl sites for hydroxylation is 1. The second-order valence-electron chi connectivity index (χ2n) is 7.19. The van der Waals surface area contributed by atoms with Crippen molar-refractivity contribution in [3.63, 3.8) is 0 Å². The second-order valence-corrected chi connectivity index (χ2v) is 7.19. The average molecular weight is 398 g/mol. The van der Waals surface area contributed by atoms with Crippen LogP contribution in [0.3, 0.4) is 0 Å². The summed E-state index contributed by atoms with van der Waals surface area (Å²) < 4.78 is 1.80. The molecule has 0 atom stereocenters. The van der Waals surface area contributed by atoms with Gasteiger partial charge < -0.3 is 5.32 Å². The van der Waals surface area contributed by atoms with E-state index in [2.05, 4.69) is 15.3 Å². The maximum absolute atomic E-state index is 13.0. The van der Waals surface area contributed by atoms with E-state index in [0.717, 1.165) is 28.9 Å². The van der Waals surface area contributed by atoms with Crippen molar-refractivity contribution in [3.8, 4) is 11.3 Å². The molecule has 0 fully saturated rings. The first kappa shape index (κ1) is 19.5. The molecule has 2 aromatic heterocycles. The number of nitrogens with one attached hydrogen (secondary N) is 1. The van der Waals surface area contributed by atoms with Gasteiger partial charge in [0.15, 0.2) is 11.3 Å². The molecule has 30 heavy (non-hydrogen) atoms. The molecule has 2 heterocycles. The molecule has 0 unspecified atom stereocenters. The second kappa shape index (κ2) is 8.29. The third-order valence-electron chi connectivity index (χ3n) is 4.88. The molecular formula is C24H22N4O2. The molecule has 6 heteroatoms. The highest BCUT2D eigenvalue weighted by atomic mass is 16.1. The summed E-state index contributed by atoms with van der Waals surface area (Å²) in [5.41, 5.74) is 4.94. The third kappa shape index (κ3) is 3.85. The number of hydrogen-bond donors (Lipinski definition) is 1. The molecule has 6 nitrogen and oxygen atoms in total. The van der Waals surface area contributed by atoms with Gasteiger partial charge in [0, 0.05) is 29.4 Å². The largest absolute Gasteiger partial charge is 0.326 e. The number of aromatic nitrogens is 3.